The smallest absolute Gasteiger partial charge is 0.316 e. The summed E-state index contributed by atoms with van der Waals surface area (Å²) in [6.45, 7) is 2.47. The number of rotatable bonds is 8. The number of benzene rings is 1. The van der Waals surface area contributed by atoms with Crippen LogP contribution in [0.5, 0.6) is 0 Å². The zero-order chi connectivity index (χ0) is 19.1. The molecular formula is C19H24N4O3S. The molecule has 0 radical (unpaired) electrons. The number of nitrogens with one attached hydrogen (secondary N) is 1. The fraction of sp³-hybridized carbons (Fsp3) is 0.474. The van der Waals surface area contributed by atoms with Crippen LogP contribution in [0.2, 0.25) is 0 Å². The summed E-state index contributed by atoms with van der Waals surface area (Å²) in [7, 11) is 0. The normalized spacial score (nSPS) is 14.3. The average Bonchev–Trinajstić information content (AvgIpc) is 3.34. The maximum atomic E-state index is 12.0. The Balaban J connectivity index is 1.48. The van der Waals surface area contributed by atoms with Crippen molar-refractivity contribution in [1.82, 2.24) is 20.1 Å². The Hall–Kier alpha value is -2.35. The van der Waals surface area contributed by atoms with Gasteiger partial charge in [-0.05, 0) is 19.8 Å². The predicted molar refractivity (Wildman–Crippen MR) is 103 cm³/mol. The zero-order valence-electron chi connectivity index (χ0n) is 15.4. The molecule has 1 amide bonds. The van der Waals surface area contributed by atoms with E-state index >= 15 is 0 Å². The summed E-state index contributed by atoms with van der Waals surface area (Å²) >= 11 is 1.26. The topological polar surface area (TPSA) is 86.1 Å². The van der Waals surface area contributed by atoms with Gasteiger partial charge in [-0.25, -0.2) is 0 Å². The lowest BCUT2D eigenvalue weighted by atomic mass is 10.2. The van der Waals surface area contributed by atoms with Gasteiger partial charge in [0.15, 0.2) is 17.6 Å². The molecule has 3 rings (SSSR count). The van der Waals surface area contributed by atoms with E-state index < -0.39 is 5.97 Å². The van der Waals surface area contributed by atoms with Crippen molar-refractivity contribution in [2.75, 3.05) is 12.4 Å². The molecule has 0 saturated heterocycles. The van der Waals surface area contributed by atoms with Crippen LogP contribution >= 0.6 is 11.8 Å². The van der Waals surface area contributed by atoms with Gasteiger partial charge in [-0.2, -0.15) is 0 Å². The number of aromatic nitrogens is 3. The van der Waals surface area contributed by atoms with Crippen molar-refractivity contribution in [2.24, 2.45) is 0 Å². The third-order valence-electron chi connectivity index (χ3n) is 4.47. The summed E-state index contributed by atoms with van der Waals surface area (Å²) in [5, 5.41) is 12.0. The summed E-state index contributed by atoms with van der Waals surface area (Å²) in [4.78, 5) is 23.8. The van der Waals surface area contributed by atoms with Crippen molar-refractivity contribution in [2.45, 2.75) is 50.4 Å². The second kappa shape index (κ2) is 9.55. The van der Waals surface area contributed by atoms with E-state index in [2.05, 4.69) is 15.5 Å². The molecule has 1 heterocycles. The fourth-order valence-electron chi connectivity index (χ4n) is 3.13. The molecule has 0 spiro atoms. The molecule has 2 aromatic rings. The van der Waals surface area contributed by atoms with Crippen LogP contribution in [0.1, 0.15) is 32.6 Å². The Labute approximate surface area is 162 Å². The van der Waals surface area contributed by atoms with E-state index in [1.54, 1.807) is 0 Å². The van der Waals surface area contributed by atoms with E-state index in [9.17, 15) is 9.59 Å². The van der Waals surface area contributed by atoms with Crippen LogP contribution in [0.4, 0.5) is 0 Å². The molecule has 0 unspecified atom stereocenters. The van der Waals surface area contributed by atoms with Gasteiger partial charge in [0.1, 0.15) is 0 Å². The van der Waals surface area contributed by atoms with Crippen LogP contribution in [-0.2, 0) is 20.9 Å². The van der Waals surface area contributed by atoms with E-state index in [0.29, 0.717) is 11.7 Å². The first kappa shape index (κ1) is 19.4. The molecule has 1 saturated carbocycles. The lowest BCUT2D eigenvalue weighted by Gasteiger charge is -2.12. The Morgan fingerprint density at radius 3 is 2.67 bits per heavy atom. The average molecular weight is 388 g/mol. The molecule has 1 aliphatic carbocycles. The first-order valence-corrected chi connectivity index (χ1v) is 10.2. The van der Waals surface area contributed by atoms with E-state index in [0.717, 1.165) is 37.1 Å². The fourth-order valence-corrected chi connectivity index (χ4v) is 3.93. The molecule has 1 aromatic carbocycles. The molecule has 1 aliphatic rings. The molecule has 7 nitrogen and oxygen atoms in total. The standard InChI is InChI=1S/C19H24N4O3S/c1-2-23-18(14-8-4-3-5-9-14)21-22-19(23)27-13-17(25)26-12-16(24)20-15-10-6-7-11-15/h3-5,8-9,15H,2,6-7,10-13H2,1H3,(H,20,24). The van der Waals surface area contributed by atoms with Gasteiger partial charge in [-0.1, -0.05) is 54.9 Å². The Morgan fingerprint density at radius 2 is 1.96 bits per heavy atom. The molecule has 0 bridgehead atoms. The minimum Gasteiger partial charge on any atom is -0.455 e. The number of carbonyl (C=O) groups is 2. The summed E-state index contributed by atoms with van der Waals surface area (Å²) in [6.07, 6.45) is 4.30. The number of ether oxygens (including phenoxy) is 1. The van der Waals surface area contributed by atoms with Crippen molar-refractivity contribution in [1.29, 1.82) is 0 Å². The molecule has 1 aromatic heterocycles. The lowest BCUT2D eigenvalue weighted by molar-refractivity contribution is -0.146. The maximum Gasteiger partial charge on any atom is 0.316 e. The van der Waals surface area contributed by atoms with Gasteiger partial charge >= 0.3 is 5.97 Å². The molecule has 27 heavy (non-hydrogen) atoms. The van der Waals surface area contributed by atoms with Crippen LogP contribution in [0.15, 0.2) is 35.5 Å². The zero-order valence-corrected chi connectivity index (χ0v) is 16.2. The predicted octanol–water partition coefficient (Wildman–Crippen LogP) is 2.66. The summed E-state index contributed by atoms with van der Waals surface area (Å²) in [5.74, 6) is 0.186. The van der Waals surface area contributed by atoms with Gasteiger partial charge in [0, 0.05) is 18.2 Å². The highest BCUT2D eigenvalue weighted by Gasteiger charge is 2.18. The summed E-state index contributed by atoms with van der Waals surface area (Å²) in [6, 6.07) is 10.0. The van der Waals surface area contributed by atoms with Crippen LogP contribution in [0.25, 0.3) is 11.4 Å². The second-order valence-electron chi connectivity index (χ2n) is 6.41. The Kier molecular flexibility index (Phi) is 6.86. The van der Waals surface area contributed by atoms with Gasteiger partial charge in [0.2, 0.25) is 0 Å². The molecule has 8 heteroatoms. The maximum absolute atomic E-state index is 12.0. The third-order valence-corrected chi connectivity index (χ3v) is 5.41. The summed E-state index contributed by atoms with van der Waals surface area (Å²) in [5.41, 5.74) is 0.977. The number of hydrogen-bond donors (Lipinski definition) is 1. The van der Waals surface area contributed by atoms with Gasteiger partial charge in [-0.15, -0.1) is 10.2 Å². The van der Waals surface area contributed by atoms with E-state index in [4.69, 9.17) is 4.74 Å². The molecule has 0 atom stereocenters. The number of amides is 1. The van der Waals surface area contributed by atoms with Gasteiger partial charge in [0.05, 0.1) is 5.75 Å². The number of esters is 1. The number of thioether (sulfide) groups is 1. The Morgan fingerprint density at radius 1 is 1.22 bits per heavy atom. The number of carbonyl (C=O) groups excluding carboxylic acids is 2. The van der Waals surface area contributed by atoms with Crippen molar-refractivity contribution >= 4 is 23.6 Å². The van der Waals surface area contributed by atoms with Crippen LogP contribution < -0.4 is 5.32 Å². The first-order valence-electron chi connectivity index (χ1n) is 9.23. The van der Waals surface area contributed by atoms with Crippen molar-refractivity contribution in [3.8, 4) is 11.4 Å². The van der Waals surface area contributed by atoms with Crippen LogP contribution in [0.3, 0.4) is 0 Å². The number of hydrogen-bond acceptors (Lipinski definition) is 6. The van der Waals surface area contributed by atoms with Crippen molar-refractivity contribution < 1.29 is 14.3 Å². The Bertz CT molecular complexity index is 773. The van der Waals surface area contributed by atoms with Crippen molar-refractivity contribution in [3.05, 3.63) is 30.3 Å². The lowest BCUT2D eigenvalue weighted by Crippen LogP contribution is -2.36. The third kappa shape index (κ3) is 5.32. The largest absolute Gasteiger partial charge is 0.455 e. The summed E-state index contributed by atoms with van der Waals surface area (Å²) < 4.78 is 7.03. The number of nitrogens with zero attached hydrogens (tertiary/aromatic N) is 3. The van der Waals surface area contributed by atoms with Gasteiger partial charge in [0.25, 0.3) is 5.91 Å². The quantitative estimate of drug-likeness (QED) is 0.553. The van der Waals surface area contributed by atoms with Crippen LogP contribution in [0, 0.1) is 0 Å². The SMILES string of the molecule is CCn1c(SCC(=O)OCC(=O)NC2CCCC2)nnc1-c1ccccc1. The second-order valence-corrected chi connectivity index (χ2v) is 7.36. The molecular weight excluding hydrogens is 364 g/mol. The minimum atomic E-state index is -0.437. The minimum absolute atomic E-state index is 0.0869. The highest BCUT2D eigenvalue weighted by Crippen LogP contribution is 2.23. The first-order chi connectivity index (χ1) is 13.2. The molecule has 1 N–H and O–H groups in total. The molecule has 1 fully saturated rings. The van der Waals surface area contributed by atoms with Gasteiger partial charge in [-0.3, -0.25) is 9.59 Å². The van der Waals surface area contributed by atoms with Crippen LogP contribution in [-0.4, -0.2) is 45.0 Å². The monoisotopic (exact) mass is 388 g/mol. The van der Waals surface area contributed by atoms with Gasteiger partial charge < -0.3 is 14.6 Å². The van der Waals surface area contributed by atoms with Crippen molar-refractivity contribution in [3.63, 3.8) is 0 Å². The molecule has 144 valence electrons. The highest BCUT2D eigenvalue weighted by molar-refractivity contribution is 7.99. The van der Waals surface area contributed by atoms with E-state index in [1.165, 1.54) is 11.8 Å². The highest BCUT2D eigenvalue weighted by atomic mass is 32.2. The van der Waals surface area contributed by atoms with E-state index in [-0.39, 0.29) is 24.3 Å². The molecule has 0 aliphatic heterocycles. The van der Waals surface area contributed by atoms with E-state index in [1.807, 2.05) is 41.8 Å².